The molecule has 30 heavy (non-hydrogen) atoms. The Morgan fingerprint density at radius 2 is 2.13 bits per heavy atom. The number of H-pyrrole nitrogens is 1. The van der Waals surface area contributed by atoms with E-state index in [4.69, 9.17) is 9.47 Å². The normalized spacial score (nSPS) is 21.3. The average molecular weight is 411 g/mol. The van der Waals surface area contributed by atoms with Crippen LogP contribution < -0.4 is 10.5 Å². The van der Waals surface area contributed by atoms with Gasteiger partial charge < -0.3 is 19.4 Å². The van der Waals surface area contributed by atoms with Crippen molar-refractivity contribution in [2.75, 3.05) is 32.9 Å². The number of hydrogen-bond donors (Lipinski definition) is 2. The molecular weight excluding hydrogens is 384 g/mol. The summed E-state index contributed by atoms with van der Waals surface area (Å²) in [5.41, 5.74) is 2.58. The topological polar surface area (TPSA) is 99.4 Å². The van der Waals surface area contributed by atoms with E-state index in [-0.39, 0.29) is 17.7 Å². The van der Waals surface area contributed by atoms with E-state index < -0.39 is 0 Å². The Labute approximate surface area is 174 Å². The third kappa shape index (κ3) is 3.76. The van der Waals surface area contributed by atoms with E-state index >= 15 is 0 Å². The van der Waals surface area contributed by atoms with Gasteiger partial charge in [0.2, 0.25) is 5.82 Å². The number of nitrogens with one attached hydrogen (secondary N) is 2. The van der Waals surface area contributed by atoms with Crippen molar-refractivity contribution in [3.8, 4) is 0 Å². The van der Waals surface area contributed by atoms with Crippen LogP contribution in [0.2, 0.25) is 0 Å². The number of quaternary nitrogens is 1. The van der Waals surface area contributed by atoms with Gasteiger partial charge in [-0.05, 0) is 53.8 Å². The molecule has 4 heterocycles. The Kier molecular flexibility index (Phi) is 5.32. The zero-order chi connectivity index (χ0) is 20.5. The molecule has 2 saturated heterocycles. The van der Waals surface area contributed by atoms with E-state index in [1.54, 1.807) is 0 Å². The fourth-order valence-corrected chi connectivity index (χ4v) is 4.55. The van der Waals surface area contributed by atoms with Crippen molar-refractivity contribution in [3.63, 3.8) is 0 Å². The number of ether oxygens (including phenoxy) is 2. The summed E-state index contributed by atoms with van der Waals surface area (Å²) in [5.74, 6) is 0.708. The maximum Gasteiger partial charge on any atom is 0.258 e. The van der Waals surface area contributed by atoms with E-state index in [2.05, 4.69) is 33.5 Å². The quantitative estimate of drug-likeness (QED) is 0.614. The first kappa shape index (κ1) is 19.3. The van der Waals surface area contributed by atoms with E-state index in [1.807, 2.05) is 22.9 Å². The highest BCUT2D eigenvalue weighted by molar-refractivity contribution is 5.79. The van der Waals surface area contributed by atoms with Gasteiger partial charge in [-0.1, -0.05) is 11.6 Å². The van der Waals surface area contributed by atoms with Crippen molar-refractivity contribution >= 4 is 10.9 Å². The van der Waals surface area contributed by atoms with Gasteiger partial charge in [-0.2, -0.15) is 0 Å². The third-order valence-corrected chi connectivity index (χ3v) is 6.10. The second-order valence-electron chi connectivity index (χ2n) is 8.20. The van der Waals surface area contributed by atoms with Gasteiger partial charge >= 0.3 is 0 Å². The molecular formula is C21H27N6O3+. The molecule has 158 valence electrons. The first-order chi connectivity index (χ1) is 14.7. The maximum atomic E-state index is 13.2. The maximum absolute atomic E-state index is 13.2. The summed E-state index contributed by atoms with van der Waals surface area (Å²) in [6, 6.07) is 7.78. The number of benzene rings is 1. The van der Waals surface area contributed by atoms with Crippen molar-refractivity contribution in [3.05, 3.63) is 51.6 Å². The highest BCUT2D eigenvalue weighted by Crippen LogP contribution is 2.21. The van der Waals surface area contributed by atoms with Gasteiger partial charge in [-0.25, -0.2) is 4.68 Å². The van der Waals surface area contributed by atoms with Crippen LogP contribution in [0.25, 0.3) is 10.9 Å². The van der Waals surface area contributed by atoms with Gasteiger partial charge in [0.25, 0.3) is 5.56 Å². The lowest BCUT2D eigenvalue weighted by atomic mass is 10.0. The van der Waals surface area contributed by atoms with E-state index in [1.165, 1.54) is 4.90 Å². The number of aryl methyl sites for hydroxylation is 1. The molecule has 0 radical (unpaired) electrons. The first-order valence-electron chi connectivity index (χ1n) is 10.6. The second-order valence-corrected chi connectivity index (χ2v) is 8.20. The number of nitrogens with zero attached hydrogens (tertiary/aromatic N) is 4. The summed E-state index contributed by atoms with van der Waals surface area (Å²) in [6.45, 7) is 6.34. The van der Waals surface area contributed by atoms with Crippen LogP contribution in [-0.2, 0) is 16.0 Å². The molecule has 2 atom stereocenters. The van der Waals surface area contributed by atoms with Gasteiger partial charge in [0.05, 0.1) is 31.4 Å². The van der Waals surface area contributed by atoms with Crippen LogP contribution in [0.5, 0.6) is 0 Å². The first-order valence-corrected chi connectivity index (χ1v) is 10.6. The summed E-state index contributed by atoms with van der Waals surface area (Å²) in [4.78, 5) is 17.4. The molecule has 0 bridgehead atoms. The average Bonchev–Trinajstić information content (AvgIpc) is 3.43. The molecule has 5 rings (SSSR count). The molecule has 9 heteroatoms. The Hall–Kier alpha value is -2.62. The minimum atomic E-state index is -0.265. The predicted octanol–water partition coefficient (Wildman–Crippen LogP) is 0.00652. The van der Waals surface area contributed by atoms with E-state index in [0.717, 1.165) is 49.0 Å². The highest BCUT2D eigenvalue weighted by atomic mass is 16.5. The number of aromatic nitrogens is 5. The molecule has 2 aromatic heterocycles. The van der Waals surface area contributed by atoms with E-state index in [9.17, 15) is 4.79 Å². The SMILES string of the molecule is Cc1ccc2[nH]c(=O)c([C@H](c3nnnn3C[C@H]3CCCO3)[NH+]3CCOCC3)cc2c1. The standard InChI is InChI=1S/C21H26N6O3/c1-14-4-5-18-15(11-14)12-17(21(28)22-18)19(26-6-9-29-10-7-26)20-23-24-25-27(20)13-16-3-2-8-30-16/h4-5,11-12,16,19H,2-3,6-10,13H2,1H3,(H,22,28)/p+1/t16-,19-/m1/s1. The van der Waals surface area contributed by atoms with Crippen LogP contribution in [-0.4, -0.2) is 64.2 Å². The number of fused-ring (bicyclic) bond motifs is 1. The molecule has 0 spiro atoms. The molecule has 2 aliphatic heterocycles. The number of aromatic amines is 1. The van der Waals surface area contributed by atoms with Crippen LogP contribution in [0, 0.1) is 6.92 Å². The molecule has 2 N–H and O–H groups in total. The van der Waals surface area contributed by atoms with Crippen molar-refractivity contribution in [1.29, 1.82) is 0 Å². The van der Waals surface area contributed by atoms with Crippen molar-refractivity contribution < 1.29 is 14.4 Å². The number of tetrazole rings is 1. The molecule has 0 saturated carbocycles. The Morgan fingerprint density at radius 3 is 2.93 bits per heavy atom. The minimum absolute atomic E-state index is 0.0954. The van der Waals surface area contributed by atoms with Crippen molar-refractivity contribution in [2.24, 2.45) is 0 Å². The molecule has 9 nitrogen and oxygen atoms in total. The Balaban J connectivity index is 1.60. The zero-order valence-corrected chi connectivity index (χ0v) is 17.1. The monoisotopic (exact) mass is 411 g/mol. The Morgan fingerprint density at radius 1 is 1.27 bits per heavy atom. The summed E-state index contributed by atoms with van der Waals surface area (Å²) >= 11 is 0. The third-order valence-electron chi connectivity index (χ3n) is 6.10. The number of rotatable bonds is 5. The molecule has 0 amide bonds. The lowest BCUT2D eigenvalue weighted by Crippen LogP contribution is -3.14. The number of morpholine rings is 1. The van der Waals surface area contributed by atoms with Gasteiger partial charge in [-0.3, -0.25) is 4.79 Å². The van der Waals surface area contributed by atoms with Gasteiger partial charge in [-0.15, -0.1) is 5.10 Å². The highest BCUT2D eigenvalue weighted by Gasteiger charge is 2.35. The summed E-state index contributed by atoms with van der Waals surface area (Å²) in [5, 5.41) is 13.6. The largest absolute Gasteiger partial charge is 0.376 e. The van der Waals surface area contributed by atoms with Crippen LogP contribution in [0.3, 0.4) is 0 Å². The summed E-state index contributed by atoms with van der Waals surface area (Å²) in [7, 11) is 0. The molecule has 3 aromatic rings. The van der Waals surface area contributed by atoms with Crippen LogP contribution in [0.4, 0.5) is 0 Å². The van der Waals surface area contributed by atoms with Crippen LogP contribution in [0.1, 0.15) is 35.8 Å². The van der Waals surface area contributed by atoms with E-state index in [0.29, 0.717) is 31.1 Å². The van der Waals surface area contributed by atoms with Gasteiger partial charge in [0.15, 0.2) is 6.04 Å². The molecule has 2 aliphatic rings. The summed E-state index contributed by atoms with van der Waals surface area (Å²) < 4.78 is 13.2. The van der Waals surface area contributed by atoms with Crippen LogP contribution in [0.15, 0.2) is 29.1 Å². The smallest absolute Gasteiger partial charge is 0.258 e. The van der Waals surface area contributed by atoms with Crippen LogP contribution >= 0.6 is 0 Å². The number of pyridine rings is 1. The predicted molar refractivity (Wildman–Crippen MR) is 109 cm³/mol. The van der Waals surface area contributed by atoms with Crippen molar-refractivity contribution in [2.45, 2.75) is 38.5 Å². The summed E-state index contributed by atoms with van der Waals surface area (Å²) in [6.07, 6.45) is 2.18. The minimum Gasteiger partial charge on any atom is -0.376 e. The zero-order valence-electron chi connectivity index (χ0n) is 17.1. The lowest BCUT2D eigenvalue weighted by Gasteiger charge is -2.30. The molecule has 0 unspecified atom stereocenters. The second kappa shape index (κ2) is 8.25. The van der Waals surface area contributed by atoms with Gasteiger partial charge in [0.1, 0.15) is 13.1 Å². The molecule has 0 aliphatic carbocycles. The lowest BCUT2D eigenvalue weighted by molar-refractivity contribution is -0.933. The fourth-order valence-electron chi connectivity index (χ4n) is 4.55. The molecule has 1 aromatic carbocycles. The van der Waals surface area contributed by atoms with Crippen molar-refractivity contribution in [1.82, 2.24) is 25.2 Å². The number of hydrogen-bond acceptors (Lipinski definition) is 6. The fraction of sp³-hybridized carbons (Fsp3) is 0.524. The molecule has 2 fully saturated rings. The Bertz CT molecular complexity index is 1080. The van der Waals surface area contributed by atoms with Gasteiger partial charge in [0, 0.05) is 12.1 Å².